The summed E-state index contributed by atoms with van der Waals surface area (Å²) in [5.41, 5.74) is 2.90. The Hall–Kier alpha value is -3.61. The molecule has 1 aliphatic rings. The first-order chi connectivity index (χ1) is 15.0. The minimum atomic E-state index is -0.827. The first-order valence-corrected chi connectivity index (χ1v) is 10.3. The van der Waals surface area contributed by atoms with Crippen LogP contribution >= 0.6 is 0 Å². The molecule has 0 aliphatic heterocycles. The molecule has 1 atom stereocenters. The van der Waals surface area contributed by atoms with Crippen LogP contribution in [0.2, 0.25) is 0 Å². The van der Waals surface area contributed by atoms with Gasteiger partial charge in [0.1, 0.15) is 11.6 Å². The predicted octanol–water partition coefficient (Wildman–Crippen LogP) is 4.01. The second-order valence-corrected chi connectivity index (χ2v) is 7.71. The maximum atomic E-state index is 12.4. The Morgan fingerprint density at radius 1 is 1.13 bits per heavy atom. The highest BCUT2D eigenvalue weighted by atomic mass is 16.6. The summed E-state index contributed by atoms with van der Waals surface area (Å²) in [5, 5.41) is 7.45. The van der Waals surface area contributed by atoms with Gasteiger partial charge in [-0.15, -0.1) is 0 Å². The number of carbonyl (C=O) groups excluding carboxylic acids is 2. The lowest BCUT2D eigenvalue weighted by atomic mass is 10.2. The number of hydrogen-bond acceptors (Lipinski definition) is 5. The van der Waals surface area contributed by atoms with E-state index < -0.39 is 24.6 Å². The number of aryl methyl sites for hydroxylation is 1. The zero-order valence-corrected chi connectivity index (χ0v) is 17.6. The summed E-state index contributed by atoms with van der Waals surface area (Å²) < 4.78 is 12.4. The number of amides is 1. The van der Waals surface area contributed by atoms with E-state index in [0.717, 1.165) is 29.8 Å². The van der Waals surface area contributed by atoms with Gasteiger partial charge in [0.15, 0.2) is 12.7 Å². The fourth-order valence-electron chi connectivity index (χ4n) is 3.14. The van der Waals surface area contributed by atoms with Crippen molar-refractivity contribution < 1.29 is 19.1 Å². The van der Waals surface area contributed by atoms with Crippen molar-refractivity contribution in [1.29, 1.82) is 0 Å². The van der Waals surface area contributed by atoms with Crippen molar-refractivity contribution in [1.82, 2.24) is 9.78 Å². The molecule has 1 heterocycles. The molecule has 1 aromatic heterocycles. The van der Waals surface area contributed by atoms with Gasteiger partial charge in [0.05, 0.1) is 11.4 Å². The fraction of sp³-hybridized carbons (Fsp3) is 0.292. The van der Waals surface area contributed by atoms with E-state index in [2.05, 4.69) is 10.4 Å². The van der Waals surface area contributed by atoms with E-state index in [1.807, 2.05) is 55.5 Å². The molecule has 4 rings (SSSR count). The highest BCUT2D eigenvalue weighted by molar-refractivity contribution is 5.92. The standard InChI is InChI=1S/C24H25N3O4/c1-16-8-12-20(13-9-16)31-17(2)24(29)30-15-23(28)25-22-14-21(18-10-11-18)26-27(22)19-6-4-3-5-7-19/h3-9,12-14,17-18H,10-11,15H2,1-2H3,(H,25,28). The van der Waals surface area contributed by atoms with Gasteiger partial charge in [-0.3, -0.25) is 4.79 Å². The number of rotatable bonds is 8. The number of para-hydroxylation sites is 1. The molecular weight excluding hydrogens is 394 g/mol. The van der Waals surface area contributed by atoms with Crippen LogP contribution in [0.4, 0.5) is 5.82 Å². The first-order valence-electron chi connectivity index (χ1n) is 10.3. The number of hydrogen-bond donors (Lipinski definition) is 1. The van der Waals surface area contributed by atoms with Crippen molar-refractivity contribution in [3.05, 3.63) is 71.9 Å². The van der Waals surface area contributed by atoms with E-state index in [1.165, 1.54) is 0 Å². The summed E-state index contributed by atoms with van der Waals surface area (Å²) in [6, 6.07) is 18.8. The van der Waals surface area contributed by atoms with Gasteiger partial charge in [-0.05, 0) is 51.0 Å². The first kappa shape index (κ1) is 20.7. The molecule has 160 valence electrons. The molecule has 0 bridgehead atoms. The third-order valence-electron chi connectivity index (χ3n) is 5.00. The average Bonchev–Trinajstić information content (AvgIpc) is 3.55. The van der Waals surface area contributed by atoms with Crippen molar-refractivity contribution in [3.8, 4) is 11.4 Å². The van der Waals surface area contributed by atoms with Gasteiger partial charge in [0, 0.05) is 12.0 Å². The molecule has 0 spiro atoms. The van der Waals surface area contributed by atoms with Gasteiger partial charge in [0.25, 0.3) is 5.91 Å². The summed E-state index contributed by atoms with van der Waals surface area (Å²) in [4.78, 5) is 24.7. The number of nitrogens with one attached hydrogen (secondary N) is 1. The van der Waals surface area contributed by atoms with Gasteiger partial charge in [-0.25, -0.2) is 9.48 Å². The maximum absolute atomic E-state index is 12.4. The zero-order chi connectivity index (χ0) is 21.8. The van der Waals surface area contributed by atoms with E-state index in [9.17, 15) is 9.59 Å². The largest absolute Gasteiger partial charge is 0.479 e. The SMILES string of the molecule is Cc1ccc(OC(C)C(=O)OCC(=O)Nc2cc(C3CC3)nn2-c2ccccc2)cc1. The van der Waals surface area contributed by atoms with Crippen LogP contribution in [0.5, 0.6) is 5.75 Å². The van der Waals surface area contributed by atoms with E-state index in [0.29, 0.717) is 17.5 Å². The summed E-state index contributed by atoms with van der Waals surface area (Å²) in [6.07, 6.45) is 1.39. The lowest BCUT2D eigenvalue weighted by Crippen LogP contribution is -2.30. The molecule has 1 amide bonds. The van der Waals surface area contributed by atoms with Gasteiger partial charge < -0.3 is 14.8 Å². The lowest BCUT2D eigenvalue weighted by molar-refractivity contribution is -0.153. The summed E-state index contributed by atoms with van der Waals surface area (Å²) in [7, 11) is 0. The lowest BCUT2D eigenvalue weighted by Gasteiger charge is -2.14. The van der Waals surface area contributed by atoms with Crippen LogP contribution in [0.3, 0.4) is 0 Å². The molecular formula is C24H25N3O4. The van der Waals surface area contributed by atoms with Gasteiger partial charge in [-0.2, -0.15) is 5.10 Å². The van der Waals surface area contributed by atoms with Crippen LogP contribution in [0.15, 0.2) is 60.7 Å². The highest BCUT2D eigenvalue weighted by Gasteiger charge is 2.28. The second kappa shape index (κ2) is 9.04. The Morgan fingerprint density at radius 3 is 2.52 bits per heavy atom. The van der Waals surface area contributed by atoms with Crippen molar-refractivity contribution >= 4 is 17.7 Å². The molecule has 7 heteroatoms. The van der Waals surface area contributed by atoms with Crippen LogP contribution in [-0.2, 0) is 14.3 Å². The molecule has 1 N–H and O–H groups in total. The van der Waals surface area contributed by atoms with Crippen LogP contribution in [0.25, 0.3) is 5.69 Å². The normalized spacial score (nSPS) is 14.0. The smallest absolute Gasteiger partial charge is 0.347 e. The average molecular weight is 419 g/mol. The van der Waals surface area contributed by atoms with Crippen LogP contribution in [0, 0.1) is 6.92 Å². The minimum absolute atomic E-state index is 0.404. The number of nitrogens with zero attached hydrogens (tertiary/aromatic N) is 2. The van der Waals surface area contributed by atoms with E-state index in [1.54, 1.807) is 23.7 Å². The predicted molar refractivity (Wildman–Crippen MR) is 116 cm³/mol. The molecule has 0 saturated heterocycles. The van der Waals surface area contributed by atoms with E-state index in [4.69, 9.17) is 9.47 Å². The summed E-state index contributed by atoms with van der Waals surface area (Å²) >= 11 is 0. The monoisotopic (exact) mass is 419 g/mol. The van der Waals surface area contributed by atoms with Crippen molar-refractivity contribution in [2.24, 2.45) is 0 Å². The molecule has 3 aromatic rings. The molecule has 2 aromatic carbocycles. The van der Waals surface area contributed by atoms with Crippen LogP contribution in [0.1, 0.15) is 36.9 Å². The van der Waals surface area contributed by atoms with Gasteiger partial charge >= 0.3 is 5.97 Å². The molecule has 31 heavy (non-hydrogen) atoms. The second-order valence-electron chi connectivity index (χ2n) is 7.71. The minimum Gasteiger partial charge on any atom is -0.479 e. The zero-order valence-electron chi connectivity index (χ0n) is 17.6. The van der Waals surface area contributed by atoms with Gasteiger partial charge in [0.2, 0.25) is 0 Å². The van der Waals surface area contributed by atoms with Crippen molar-refractivity contribution in [3.63, 3.8) is 0 Å². The van der Waals surface area contributed by atoms with Crippen LogP contribution < -0.4 is 10.1 Å². The van der Waals surface area contributed by atoms with E-state index in [-0.39, 0.29) is 0 Å². The number of anilines is 1. The molecule has 1 aliphatic carbocycles. The summed E-state index contributed by atoms with van der Waals surface area (Å²) in [5.74, 6) is 0.525. The number of esters is 1. The molecule has 1 unspecified atom stereocenters. The third kappa shape index (κ3) is 5.31. The quantitative estimate of drug-likeness (QED) is 0.558. The number of aromatic nitrogens is 2. The van der Waals surface area contributed by atoms with Gasteiger partial charge in [-0.1, -0.05) is 35.9 Å². The third-order valence-corrected chi connectivity index (χ3v) is 5.00. The summed E-state index contributed by atoms with van der Waals surface area (Å²) in [6.45, 7) is 3.16. The Morgan fingerprint density at radius 2 is 1.84 bits per heavy atom. The molecule has 1 fully saturated rings. The van der Waals surface area contributed by atoms with E-state index >= 15 is 0 Å². The van der Waals surface area contributed by atoms with Crippen molar-refractivity contribution in [2.75, 3.05) is 11.9 Å². The molecule has 1 saturated carbocycles. The molecule has 0 radical (unpaired) electrons. The van der Waals surface area contributed by atoms with Crippen LogP contribution in [-0.4, -0.2) is 34.4 Å². The number of carbonyl (C=O) groups is 2. The fourth-order valence-corrected chi connectivity index (χ4v) is 3.14. The maximum Gasteiger partial charge on any atom is 0.347 e. The number of benzene rings is 2. The highest BCUT2D eigenvalue weighted by Crippen LogP contribution is 2.40. The number of ether oxygens (including phenoxy) is 2. The Kier molecular flexibility index (Phi) is 6.02. The molecule has 7 nitrogen and oxygen atoms in total. The topological polar surface area (TPSA) is 82.4 Å². The Balaban J connectivity index is 1.35. The van der Waals surface area contributed by atoms with Crippen molar-refractivity contribution in [2.45, 2.75) is 38.7 Å². The Labute approximate surface area is 181 Å². The Bertz CT molecular complexity index is 1060.